The largest absolute Gasteiger partial charge is 0.461 e. The standard InChI is InChI=1S/C25H24Cl6N2O11/c1-8(2)16(35)41-12-7-22(5,43-20(39)32-18(37)24(26,27)28)23(44-21(40)33-19(38)25(29,30)31)6-11(34)9(3)14(23)15-13(12)10(4)17(36)42-15/h8,12-13,15H,4,6-7H2,1-3,5H3,(H,32,37,39)(H,33,38,40)/t12-,13-,15+,22+,23+/m1/s1. The third kappa shape index (κ3) is 6.92. The van der Waals surface area contributed by atoms with Crippen LogP contribution in [0.4, 0.5) is 9.59 Å². The minimum Gasteiger partial charge on any atom is -0.461 e. The molecule has 0 radical (unpaired) electrons. The number of alkyl halides is 6. The molecule has 4 amide bonds. The number of carbonyl (C=O) groups is 7. The van der Waals surface area contributed by atoms with Gasteiger partial charge in [-0.1, -0.05) is 90.0 Å². The molecular formula is C25H24Cl6N2O11. The van der Waals surface area contributed by atoms with E-state index in [-0.39, 0.29) is 16.7 Å². The Morgan fingerprint density at radius 2 is 1.45 bits per heavy atom. The van der Waals surface area contributed by atoms with Gasteiger partial charge in [0.25, 0.3) is 19.4 Å². The van der Waals surface area contributed by atoms with Crippen molar-refractivity contribution < 1.29 is 52.5 Å². The molecule has 242 valence electrons. The van der Waals surface area contributed by atoms with Gasteiger partial charge in [0, 0.05) is 17.6 Å². The normalized spacial score (nSPS) is 28.4. The van der Waals surface area contributed by atoms with E-state index in [4.69, 9.17) is 88.6 Å². The highest BCUT2D eigenvalue weighted by atomic mass is 35.6. The fraction of sp³-hybridized carbons (Fsp3) is 0.560. The van der Waals surface area contributed by atoms with E-state index < -0.39 is 97.4 Å². The lowest BCUT2D eigenvalue weighted by Crippen LogP contribution is -2.61. The number of rotatable bonds is 4. The Morgan fingerprint density at radius 1 is 0.955 bits per heavy atom. The van der Waals surface area contributed by atoms with Gasteiger partial charge in [-0.25, -0.2) is 14.4 Å². The molecule has 0 unspecified atom stereocenters. The molecule has 1 saturated heterocycles. The zero-order valence-corrected chi connectivity index (χ0v) is 27.7. The predicted octanol–water partition coefficient (Wildman–Crippen LogP) is 4.09. The van der Waals surface area contributed by atoms with Crippen molar-refractivity contribution >= 4 is 111 Å². The minimum atomic E-state index is -2.63. The Morgan fingerprint density at radius 3 is 1.93 bits per heavy atom. The number of ether oxygens (including phenoxy) is 4. The maximum absolute atomic E-state index is 13.3. The Hall–Kier alpha value is -2.29. The molecule has 2 aliphatic carbocycles. The molecule has 19 heteroatoms. The summed E-state index contributed by atoms with van der Waals surface area (Å²) >= 11 is 33.3. The second-order valence-corrected chi connectivity index (χ2v) is 15.2. The van der Waals surface area contributed by atoms with Gasteiger partial charge in [0.15, 0.2) is 17.0 Å². The van der Waals surface area contributed by atoms with Crippen molar-refractivity contribution in [1.82, 2.24) is 10.6 Å². The van der Waals surface area contributed by atoms with E-state index in [9.17, 15) is 33.6 Å². The maximum atomic E-state index is 13.3. The molecular weight excluding hydrogens is 717 g/mol. The summed E-state index contributed by atoms with van der Waals surface area (Å²) in [7, 11) is 0. The fourth-order valence-electron chi connectivity index (χ4n) is 5.20. The van der Waals surface area contributed by atoms with Gasteiger partial charge in [-0.15, -0.1) is 0 Å². The first kappa shape index (κ1) is 36.2. The van der Waals surface area contributed by atoms with Crippen molar-refractivity contribution in [2.75, 3.05) is 0 Å². The average Bonchev–Trinajstić information content (AvgIpc) is 3.25. The van der Waals surface area contributed by atoms with Gasteiger partial charge >= 0.3 is 24.1 Å². The number of Topliss-reactive ketones (excluding diaryl/α,β-unsaturated/α-hetero) is 1. The lowest BCUT2D eigenvalue weighted by atomic mass is 9.76. The number of allylic oxidation sites excluding steroid dienone is 1. The van der Waals surface area contributed by atoms with Crippen molar-refractivity contribution in [2.24, 2.45) is 11.8 Å². The zero-order valence-electron chi connectivity index (χ0n) is 23.2. The van der Waals surface area contributed by atoms with Gasteiger partial charge in [-0.05, 0) is 19.4 Å². The van der Waals surface area contributed by atoms with Gasteiger partial charge < -0.3 is 18.9 Å². The first-order chi connectivity index (χ1) is 19.9. The molecule has 2 N–H and O–H groups in total. The van der Waals surface area contributed by atoms with Gasteiger partial charge in [0.05, 0.1) is 18.3 Å². The smallest absolute Gasteiger partial charge is 0.415 e. The van der Waals surface area contributed by atoms with Gasteiger partial charge in [0.2, 0.25) is 0 Å². The molecule has 1 heterocycles. The Labute approximate surface area is 280 Å². The number of fused-ring (bicyclic) bond motifs is 3. The summed E-state index contributed by atoms with van der Waals surface area (Å²) in [4.78, 5) is 89.6. The molecule has 1 saturated carbocycles. The molecule has 3 rings (SSSR count). The molecule has 0 spiro atoms. The van der Waals surface area contributed by atoms with Crippen LogP contribution in [0.2, 0.25) is 0 Å². The molecule has 2 fully saturated rings. The predicted molar refractivity (Wildman–Crippen MR) is 155 cm³/mol. The van der Waals surface area contributed by atoms with Gasteiger partial charge in [-0.3, -0.25) is 29.8 Å². The fourth-order valence-corrected chi connectivity index (χ4v) is 5.49. The lowest BCUT2D eigenvalue weighted by molar-refractivity contribution is -0.167. The lowest BCUT2D eigenvalue weighted by Gasteiger charge is -2.45. The summed E-state index contributed by atoms with van der Waals surface area (Å²) in [5.74, 6) is -7.03. The highest BCUT2D eigenvalue weighted by molar-refractivity contribution is 6.77. The summed E-state index contributed by atoms with van der Waals surface area (Å²) in [6.07, 6.45) is -7.26. The second kappa shape index (κ2) is 12.5. The van der Waals surface area contributed by atoms with E-state index in [2.05, 4.69) is 6.58 Å². The van der Waals surface area contributed by atoms with Crippen LogP contribution in [0.15, 0.2) is 23.3 Å². The molecule has 13 nitrogen and oxygen atoms in total. The summed E-state index contributed by atoms with van der Waals surface area (Å²) in [5, 5.41) is 3.41. The molecule has 1 aliphatic heterocycles. The van der Waals surface area contributed by atoms with Gasteiger partial charge in [0.1, 0.15) is 12.2 Å². The molecule has 3 aliphatic rings. The van der Waals surface area contributed by atoms with E-state index in [1.165, 1.54) is 27.7 Å². The van der Waals surface area contributed by atoms with Crippen LogP contribution in [0.3, 0.4) is 0 Å². The van der Waals surface area contributed by atoms with E-state index in [1.54, 1.807) is 10.6 Å². The molecule has 0 aromatic carbocycles. The molecule has 0 bridgehead atoms. The average molecular weight is 741 g/mol. The number of halogens is 6. The van der Waals surface area contributed by atoms with Crippen molar-refractivity contribution in [3.05, 3.63) is 23.3 Å². The van der Waals surface area contributed by atoms with Crippen molar-refractivity contribution in [3.63, 3.8) is 0 Å². The van der Waals surface area contributed by atoms with Crippen LogP contribution in [-0.2, 0) is 42.9 Å². The Kier molecular flexibility index (Phi) is 10.3. The number of imide groups is 2. The first-order valence-corrected chi connectivity index (χ1v) is 14.8. The van der Waals surface area contributed by atoms with Crippen LogP contribution < -0.4 is 10.6 Å². The van der Waals surface area contributed by atoms with Gasteiger partial charge in [-0.2, -0.15) is 0 Å². The van der Waals surface area contributed by atoms with Crippen LogP contribution in [0.5, 0.6) is 0 Å². The highest BCUT2D eigenvalue weighted by Gasteiger charge is 2.70. The van der Waals surface area contributed by atoms with E-state index >= 15 is 0 Å². The zero-order chi connectivity index (χ0) is 33.7. The molecule has 0 aromatic rings. The number of esters is 2. The summed E-state index contributed by atoms with van der Waals surface area (Å²) < 4.78 is 17.4. The SMILES string of the molecule is C=C1C(=O)O[C@@H]2C3=C(C)C(=O)C[C@@]3(OC(=O)NC(=O)C(Cl)(Cl)Cl)[C@@](C)(OC(=O)NC(=O)C(Cl)(Cl)Cl)C[C@@H](OC(=O)C(C)C)[C@@H]12. The highest BCUT2D eigenvalue weighted by Crippen LogP contribution is 2.57. The number of hydrogen-bond donors (Lipinski definition) is 2. The number of alkyl carbamates (subject to hydrolysis) is 2. The molecule has 0 aromatic heterocycles. The second-order valence-electron chi connectivity index (χ2n) is 10.6. The third-order valence-corrected chi connectivity index (χ3v) is 8.32. The minimum absolute atomic E-state index is 0.0774. The van der Waals surface area contributed by atoms with Crippen molar-refractivity contribution in [1.29, 1.82) is 0 Å². The summed E-state index contributed by atoms with van der Waals surface area (Å²) in [6, 6.07) is 0. The Bertz CT molecular complexity index is 1380. The van der Waals surface area contributed by atoms with E-state index in [1.807, 2.05) is 0 Å². The molecule has 5 atom stereocenters. The first-order valence-electron chi connectivity index (χ1n) is 12.5. The molecule has 44 heavy (non-hydrogen) atoms. The number of nitrogens with one attached hydrogen (secondary N) is 2. The third-order valence-electron chi connectivity index (χ3n) is 7.29. The maximum Gasteiger partial charge on any atom is 0.415 e. The van der Waals surface area contributed by atoms with Crippen LogP contribution in [0.25, 0.3) is 0 Å². The monoisotopic (exact) mass is 738 g/mol. The number of ketones is 1. The summed E-state index contributed by atoms with van der Waals surface area (Å²) in [5.41, 5.74) is -5.07. The van der Waals surface area contributed by atoms with Crippen LogP contribution >= 0.6 is 69.6 Å². The summed E-state index contributed by atoms with van der Waals surface area (Å²) in [6.45, 7) is 9.33. The van der Waals surface area contributed by atoms with E-state index in [0.717, 1.165) is 0 Å². The van der Waals surface area contributed by atoms with Crippen molar-refractivity contribution in [2.45, 2.75) is 71.5 Å². The van der Waals surface area contributed by atoms with Crippen LogP contribution in [-0.4, -0.2) is 72.7 Å². The number of hydrogen-bond acceptors (Lipinski definition) is 11. The number of carbonyl (C=O) groups excluding carboxylic acids is 7. The quantitative estimate of drug-likeness (QED) is 0.184. The Balaban J connectivity index is 2.26. The number of amides is 4. The van der Waals surface area contributed by atoms with Crippen LogP contribution in [0.1, 0.15) is 40.5 Å². The topological polar surface area (TPSA) is 180 Å². The van der Waals surface area contributed by atoms with Crippen molar-refractivity contribution in [3.8, 4) is 0 Å². The van der Waals surface area contributed by atoms with Crippen LogP contribution in [0, 0.1) is 11.8 Å². The van der Waals surface area contributed by atoms with E-state index in [0.29, 0.717) is 0 Å².